The molecule has 1 aliphatic heterocycles. The van der Waals surface area contributed by atoms with Crippen LogP contribution < -0.4 is 10.6 Å². The third-order valence-corrected chi connectivity index (χ3v) is 6.17. The molecule has 2 unspecified atom stereocenters. The van der Waals surface area contributed by atoms with Crippen LogP contribution in [0, 0.1) is 13.8 Å². The fourth-order valence-electron chi connectivity index (χ4n) is 3.68. The molecule has 0 bridgehead atoms. The van der Waals surface area contributed by atoms with E-state index >= 15 is 0 Å². The van der Waals surface area contributed by atoms with Crippen LogP contribution in [0.2, 0.25) is 0 Å². The summed E-state index contributed by atoms with van der Waals surface area (Å²) in [6.45, 7) is 13.2. The van der Waals surface area contributed by atoms with E-state index in [0.717, 1.165) is 56.6 Å². The van der Waals surface area contributed by atoms with E-state index in [0.29, 0.717) is 6.54 Å². The Labute approximate surface area is 177 Å². The summed E-state index contributed by atoms with van der Waals surface area (Å²) < 4.78 is 11.0. The first kappa shape index (κ1) is 21.8. The first-order valence-electron chi connectivity index (χ1n) is 10.4. The predicted octanol–water partition coefficient (Wildman–Crippen LogP) is 2.91. The zero-order valence-corrected chi connectivity index (χ0v) is 18.7. The van der Waals surface area contributed by atoms with Crippen molar-refractivity contribution >= 4 is 17.3 Å². The molecule has 3 rings (SSSR count). The molecule has 8 heteroatoms. The summed E-state index contributed by atoms with van der Waals surface area (Å²) in [5.41, 5.74) is 2.14. The lowest BCUT2D eigenvalue weighted by molar-refractivity contribution is -0.0327. The average Bonchev–Trinajstić information content (AvgIpc) is 3.34. The van der Waals surface area contributed by atoms with Crippen molar-refractivity contribution in [2.24, 2.45) is 4.99 Å². The number of aliphatic imine (C=N–C) groups is 1. The van der Waals surface area contributed by atoms with Gasteiger partial charge in [-0.3, -0.25) is 9.89 Å². The van der Waals surface area contributed by atoms with Crippen molar-refractivity contribution in [2.75, 3.05) is 39.3 Å². The Kier molecular flexibility index (Phi) is 8.09. The van der Waals surface area contributed by atoms with Crippen LogP contribution in [-0.4, -0.2) is 61.5 Å². The van der Waals surface area contributed by atoms with Gasteiger partial charge >= 0.3 is 0 Å². The SMILES string of the molecule is CCNC(=NCC(c1cccs1)N1CCOC(C)C1)NCCc1c(C)noc1C. The summed E-state index contributed by atoms with van der Waals surface area (Å²) in [7, 11) is 0. The Morgan fingerprint density at radius 2 is 2.28 bits per heavy atom. The van der Waals surface area contributed by atoms with Gasteiger partial charge in [-0.25, -0.2) is 0 Å². The quantitative estimate of drug-likeness (QED) is 0.506. The number of morpholine rings is 1. The largest absolute Gasteiger partial charge is 0.376 e. The lowest BCUT2D eigenvalue weighted by Crippen LogP contribution is -2.44. The van der Waals surface area contributed by atoms with Gasteiger partial charge in [-0.15, -0.1) is 11.3 Å². The predicted molar refractivity (Wildman–Crippen MR) is 118 cm³/mol. The number of aromatic nitrogens is 1. The van der Waals surface area contributed by atoms with Crippen LogP contribution in [0.1, 0.15) is 41.8 Å². The maximum Gasteiger partial charge on any atom is 0.191 e. The van der Waals surface area contributed by atoms with Gasteiger partial charge in [-0.05, 0) is 45.6 Å². The third-order valence-electron chi connectivity index (χ3n) is 5.20. The minimum Gasteiger partial charge on any atom is -0.376 e. The molecule has 0 amide bonds. The number of ether oxygens (including phenoxy) is 1. The van der Waals surface area contributed by atoms with Crippen molar-refractivity contribution in [3.63, 3.8) is 0 Å². The molecule has 0 spiro atoms. The van der Waals surface area contributed by atoms with E-state index in [-0.39, 0.29) is 12.1 Å². The highest BCUT2D eigenvalue weighted by Gasteiger charge is 2.26. The van der Waals surface area contributed by atoms with Crippen molar-refractivity contribution in [1.29, 1.82) is 0 Å². The molecular formula is C21H33N5O2S. The molecule has 2 N–H and O–H groups in total. The zero-order chi connectivity index (χ0) is 20.6. The van der Waals surface area contributed by atoms with Gasteiger partial charge in [-0.2, -0.15) is 0 Å². The number of hydrogen-bond acceptors (Lipinski definition) is 6. The summed E-state index contributed by atoms with van der Waals surface area (Å²) >= 11 is 1.80. The molecule has 0 aliphatic carbocycles. The molecule has 1 aliphatic rings. The fourth-order valence-corrected chi connectivity index (χ4v) is 4.53. The molecule has 0 radical (unpaired) electrons. The van der Waals surface area contributed by atoms with E-state index in [1.165, 1.54) is 10.4 Å². The van der Waals surface area contributed by atoms with E-state index in [1.54, 1.807) is 11.3 Å². The third kappa shape index (κ3) is 6.04. The van der Waals surface area contributed by atoms with Gasteiger partial charge < -0.3 is 19.9 Å². The van der Waals surface area contributed by atoms with Crippen molar-refractivity contribution in [3.05, 3.63) is 39.4 Å². The Morgan fingerprint density at radius 1 is 1.41 bits per heavy atom. The minimum absolute atomic E-state index is 0.261. The Bertz CT molecular complexity index is 755. The first-order chi connectivity index (χ1) is 14.1. The van der Waals surface area contributed by atoms with Crippen LogP contribution in [0.4, 0.5) is 0 Å². The lowest BCUT2D eigenvalue weighted by atomic mass is 10.1. The molecule has 0 aromatic carbocycles. The van der Waals surface area contributed by atoms with E-state index in [1.807, 2.05) is 13.8 Å². The molecule has 3 heterocycles. The van der Waals surface area contributed by atoms with Crippen LogP contribution in [0.15, 0.2) is 27.0 Å². The van der Waals surface area contributed by atoms with Gasteiger partial charge in [0.2, 0.25) is 0 Å². The van der Waals surface area contributed by atoms with Crippen molar-refractivity contribution in [3.8, 4) is 0 Å². The number of nitrogens with zero attached hydrogens (tertiary/aromatic N) is 3. The molecule has 1 saturated heterocycles. The molecule has 29 heavy (non-hydrogen) atoms. The standard InChI is InChI=1S/C21H33N5O2S/c1-5-22-21(23-9-8-18-16(3)25-28-17(18)4)24-13-19(20-7-6-12-29-20)26-10-11-27-15(2)14-26/h6-7,12,15,19H,5,8-11,13-14H2,1-4H3,(H2,22,23,24). The second kappa shape index (κ2) is 10.8. The maximum atomic E-state index is 5.74. The fraction of sp³-hybridized carbons (Fsp3) is 0.619. The molecular weight excluding hydrogens is 386 g/mol. The topological polar surface area (TPSA) is 74.9 Å². The van der Waals surface area contributed by atoms with Gasteiger partial charge in [0.25, 0.3) is 0 Å². The van der Waals surface area contributed by atoms with Gasteiger partial charge in [0.05, 0.1) is 31.0 Å². The summed E-state index contributed by atoms with van der Waals surface area (Å²) in [6.07, 6.45) is 1.12. The summed E-state index contributed by atoms with van der Waals surface area (Å²) in [5.74, 6) is 1.74. The highest BCUT2D eigenvalue weighted by molar-refractivity contribution is 7.10. The van der Waals surface area contributed by atoms with Crippen LogP contribution in [0.3, 0.4) is 0 Å². The van der Waals surface area contributed by atoms with Gasteiger partial charge in [0.15, 0.2) is 5.96 Å². The smallest absolute Gasteiger partial charge is 0.191 e. The summed E-state index contributed by atoms with van der Waals surface area (Å²) in [5, 5.41) is 13.0. The monoisotopic (exact) mass is 419 g/mol. The van der Waals surface area contributed by atoms with Crippen molar-refractivity contribution in [1.82, 2.24) is 20.7 Å². The number of guanidine groups is 1. The molecule has 160 valence electrons. The van der Waals surface area contributed by atoms with Gasteiger partial charge in [-0.1, -0.05) is 11.2 Å². The number of aryl methyl sites for hydroxylation is 2. The first-order valence-corrected chi connectivity index (χ1v) is 11.3. The van der Waals surface area contributed by atoms with E-state index < -0.39 is 0 Å². The highest BCUT2D eigenvalue weighted by Crippen LogP contribution is 2.27. The number of hydrogen-bond donors (Lipinski definition) is 2. The van der Waals surface area contributed by atoms with Crippen LogP contribution in [0.5, 0.6) is 0 Å². The number of nitrogens with one attached hydrogen (secondary N) is 2. The maximum absolute atomic E-state index is 5.74. The van der Waals surface area contributed by atoms with Crippen LogP contribution >= 0.6 is 11.3 Å². The molecule has 2 aromatic rings. The van der Waals surface area contributed by atoms with Gasteiger partial charge in [0, 0.05) is 36.6 Å². The summed E-state index contributed by atoms with van der Waals surface area (Å²) in [4.78, 5) is 8.77. The Balaban J connectivity index is 1.64. The molecule has 2 aromatic heterocycles. The second-order valence-corrected chi connectivity index (χ2v) is 8.39. The van der Waals surface area contributed by atoms with Crippen molar-refractivity contribution < 1.29 is 9.26 Å². The molecule has 1 fully saturated rings. The normalized spacial score (nSPS) is 19.3. The molecule has 7 nitrogen and oxygen atoms in total. The zero-order valence-electron chi connectivity index (χ0n) is 17.9. The van der Waals surface area contributed by atoms with Crippen LogP contribution in [-0.2, 0) is 11.2 Å². The number of rotatable bonds is 8. The molecule has 2 atom stereocenters. The molecule has 0 saturated carbocycles. The van der Waals surface area contributed by atoms with Crippen LogP contribution in [0.25, 0.3) is 0 Å². The second-order valence-electron chi connectivity index (χ2n) is 7.41. The minimum atomic E-state index is 0.261. The van der Waals surface area contributed by atoms with E-state index in [4.69, 9.17) is 14.3 Å². The van der Waals surface area contributed by atoms with E-state index in [9.17, 15) is 0 Å². The summed E-state index contributed by atoms with van der Waals surface area (Å²) in [6, 6.07) is 4.61. The lowest BCUT2D eigenvalue weighted by Gasteiger charge is -2.36. The Hall–Kier alpha value is -1.90. The highest BCUT2D eigenvalue weighted by atomic mass is 32.1. The Morgan fingerprint density at radius 3 is 2.93 bits per heavy atom. The average molecular weight is 420 g/mol. The van der Waals surface area contributed by atoms with E-state index in [2.05, 4.69) is 52.1 Å². The number of thiophene rings is 1. The van der Waals surface area contributed by atoms with Crippen molar-refractivity contribution in [2.45, 2.75) is 46.3 Å². The van der Waals surface area contributed by atoms with Gasteiger partial charge in [0.1, 0.15) is 5.76 Å².